The van der Waals surface area contributed by atoms with Gasteiger partial charge in [0.25, 0.3) is 5.91 Å². The fourth-order valence-electron chi connectivity index (χ4n) is 2.08. The molecule has 0 saturated carbocycles. The van der Waals surface area contributed by atoms with Crippen molar-refractivity contribution >= 4 is 21.6 Å². The lowest BCUT2D eigenvalue weighted by Gasteiger charge is -2.09. The summed E-state index contributed by atoms with van der Waals surface area (Å²) in [5.41, 5.74) is 2.57. The van der Waals surface area contributed by atoms with Crippen LogP contribution in [0.2, 0.25) is 0 Å². The van der Waals surface area contributed by atoms with Gasteiger partial charge in [-0.15, -0.1) is 0 Å². The minimum Gasteiger partial charge on any atom is -0.322 e. The largest absolute Gasteiger partial charge is 0.322 e. The van der Waals surface area contributed by atoms with Crippen LogP contribution in [0.1, 0.15) is 28.4 Å². The van der Waals surface area contributed by atoms with Gasteiger partial charge in [-0.1, -0.05) is 25.1 Å². The van der Waals surface area contributed by atoms with Gasteiger partial charge in [0, 0.05) is 11.3 Å². The van der Waals surface area contributed by atoms with Crippen LogP contribution in [0.5, 0.6) is 0 Å². The van der Waals surface area contributed by atoms with Gasteiger partial charge in [-0.2, -0.15) is 0 Å². The van der Waals surface area contributed by atoms with Crippen LogP contribution < -0.4 is 10.5 Å². The second-order valence-corrected chi connectivity index (χ2v) is 6.56. The van der Waals surface area contributed by atoms with E-state index in [9.17, 15) is 13.2 Å². The third-order valence-electron chi connectivity index (χ3n) is 3.38. The number of carbonyl (C=O) groups excluding carboxylic acids is 1. The summed E-state index contributed by atoms with van der Waals surface area (Å²) in [6.07, 6.45) is 0.900. The summed E-state index contributed by atoms with van der Waals surface area (Å²) in [6, 6.07) is 11.9. The Hall–Kier alpha value is -2.18. The predicted molar refractivity (Wildman–Crippen MR) is 86.3 cm³/mol. The molecular weight excluding hydrogens is 300 g/mol. The highest BCUT2D eigenvalue weighted by atomic mass is 32.2. The van der Waals surface area contributed by atoms with E-state index >= 15 is 0 Å². The van der Waals surface area contributed by atoms with Crippen molar-refractivity contribution in [1.29, 1.82) is 0 Å². The van der Waals surface area contributed by atoms with Crippen molar-refractivity contribution in [3.05, 3.63) is 59.2 Å². The highest BCUT2D eigenvalue weighted by Gasteiger charge is 2.13. The van der Waals surface area contributed by atoms with Gasteiger partial charge in [0.2, 0.25) is 10.0 Å². The Morgan fingerprint density at radius 2 is 1.77 bits per heavy atom. The number of sulfonamides is 1. The molecule has 116 valence electrons. The number of carbonyl (C=O) groups is 1. The number of nitrogens with one attached hydrogen (secondary N) is 1. The van der Waals surface area contributed by atoms with Gasteiger partial charge in [-0.25, -0.2) is 13.6 Å². The molecule has 0 radical (unpaired) electrons. The summed E-state index contributed by atoms with van der Waals surface area (Å²) >= 11 is 0. The molecule has 0 atom stereocenters. The molecule has 0 aliphatic heterocycles. The van der Waals surface area contributed by atoms with E-state index in [1.807, 2.05) is 19.1 Å². The van der Waals surface area contributed by atoms with Crippen molar-refractivity contribution in [3.8, 4) is 0 Å². The van der Waals surface area contributed by atoms with E-state index in [2.05, 4.69) is 5.32 Å². The van der Waals surface area contributed by atoms with Crippen LogP contribution in [-0.4, -0.2) is 14.3 Å². The lowest BCUT2D eigenvalue weighted by atomic mass is 10.1. The normalized spacial score (nSPS) is 11.2. The zero-order valence-corrected chi connectivity index (χ0v) is 13.3. The predicted octanol–water partition coefficient (Wildman–Crippen LogP) is 2.46. The molecule has 0 heterocycles. The number of nitrogens with two attached hydrogens (primary N) is 1. The van der Waals surface area contributed by atoms with Crippen LogP contribution >= 0.6 is 0 Å². The van der Waals surface area contributed by atoms with Gasteiger partial charge >= 0.3 is 0 Å². The summed E-state index contributed by atoms with van der Waals surface area (Å²) in [5.74, 6) is -0.299. The van der Waals surface area contributed by atoms with Crippen molar-refractivity contribution < 1.29 is 13.2 Å². The van der Waals surface area contributed by atoms with Gasteiger partial charge in [0.05, 0.1) is 4.90 Å². The molecule has 2 aromatic carbocycles. The van der Waals surface area contributed by atoms with E-state index in [1.165, 1.54) is 6.07 Å². The average Bonchev–Trinajstić information content (AvgIpc) is 2.48. The fourth-order valence-corrected chi connectivity index (χ4v) is 2.89. The van der Waals surface area contributed by atoms with Crippen molar-refractivity contribution in [3.63, 3.8) is 0 Å². The SMILES string of the molecule is CCc1ccc(C(=O)Nc2ccc(C)c(S(N)(=O)=O)c2)cc1. The number of hydrogen-bond acceptors (Lipinski definition) is 3. The number of hydrogen-bond donors (Lipinski definition) is 2. The number of primary sulfonamides is 1. The Labute approximate surface area is 130 Å². The van der Waals surface area contributed by atoms with E-state index < -0.39 is 10.0 Å². The molecule has 0 aliphatic carbocycles. The first kappa shape index (κ1) is 16.2. The Bertz CT molecular complexity index is 797. The van der Waals surface area contributed by atoms with Crippen molar-refractivity contribution in [2.45, 2.75) is 25.2 Å². The molecule has 5 nitrogen and oxygen atoms in total. The maximum Gasteiger partial charge on any atom is 0.255 e. The van der Waals surface area contributed by atoms with E-state index in [1.54, 1.807) is 31.2 Å². The number of anilines is 1. The molecule has 6 heteroatoms. The molecule has 0 saturated heterocycles. The van der Waals surface area contributed by atoms with Gasteiger partial charge in [-0.05, 0) is 48.7 Å². The lowest BCUT2D eigenvalue weighted by molar-refractivity contribution is 0.102. The second-order valence-electron chi connectivity index (χ2n) is 5.03. The van der Waals surface area contributed by atoms with E-state index in [-0.39, 0.29) is 10.8 Å². The van der Waals surface area contributed by atoms with Crippen LogP contribution in [0.15, 0.2) is 47.4 Å². The first-order valence-corrected chi connectivity index (χ1v) is 8.39. The molecule has 2 aromatic rings. The molecular formula is C16H18N2O3S. The van der Waals surface area contributed by atoms with E-state index in [4.69, 9.17) is 5.14 Å². The average molecular weight is 318 g/mol. The van der Waals surface area contributed by atoms with E-state index in [0.29, 0.717) is 16.8 Å². The summed E-state index contributed by atoms with van der Waals surface area (Å²) in [6.45, 7) is 3.69. The molecule has 0 aromatic heterocycles. The minimum atomic E-state index is -3.82. The lowest BCUT2D eigenvalue weighted by Crippen LogP contribution is -2.16. The number of benzene rings is 2. The Balaban J connectivity index is 2.25. The number of amides is 1. The molecule has 22 heavy (non-hydrogen) atoms. The van der Waals surface area contributed by atoms with Crippen molar-refractivity contribution in [2.75, 3.05) is 5.32 Å². The summed E-state index contributed by atoms with van der Waals surface area (Å²) in [4.78, 5) is 12.2. The highest BCUT2D eigenvalue weighted by molar-refractivity contribution is 7.89. The quantitative estimate of drug-likeness (QED) is 0.907. The van der Waals surface area contributed by atoms with Crippen LogP contribution in [0.25, 0.3) is 0 Å². The third kappa shape index (κ3) is 3.72. The molecule has 0 bridgehead atoms. The van der Waals surface area contributed by atoms with Crippen LogP contribution in [0.4, 0.5) is 5.69 Å². The first-order chi connectivity index (χ1) is 10.3. The van der Waals surface area contributed by atoms with Crippen LogP contribution in [0, 0.1) is 6.92 Å². The summed E-state index contributed by atoms with van der Waals surface area (Å²) in [5, 5.41) is 7.84. The number of aryl methyl sites for hydroxylation is 2. The highest BCUT2D eigenvalue weighted by Crippen LogP contribution is 2.19. The molecule has 3 N–H and O–H groups in total. The molecule has 2 rings (SSSR count). The summed E-state index contributed by atoms with van der Waals surface area (Å²) < 4.78 is 23.0. The summed E-state index contributed by atoms with van der Waals surface area (Å²) in [7, 11) is -3.82. The van der Waals surface area contributed by atoms with Crippen LogP contribution in [-0.2, 0) is 16.4 Å². The van der Waals surface area contributed by atoms with Crippen molar-refractivity contribution in [2.24, 2.45) is 5.14 Å². The van der Waals surface area contributed by atoms with Crippen molar-refractivity contribution in [1.82, 2.24) is 0 Å². The third-order valence-corrected chi connectivity index (χ3v) is 4.43. The maximum atomic E-state index is 12.2. The monoisotopic (exact) mass is 318 g/mol. The topological polar surface area (TPSA) is 89.3 Å². The molecule has 0 unspecified atom stereocenters. The van der Waals surface area contributed by atoms with Crippen LogP contribution in [0.3, 0.4) is 0 Å². The standard InChI is InChI=1S/C16H18N2O3S/c1-3-12-5-7-13(8-6-12)16(19)18-14-9-4-11(2)15(10-14)22(17,20)21/h4-10H,3H2,1-2H3,(H,18,19)(H2,17,20,21). The zero-order chi connectivity index (χ0) is 16.3. The Kier molecular flexibility index (Phi) is 4.63. The maximum absolute atomic E-state index is 12.2. The van der Waals surface area contributed by atoms with Gasteiger partial charge in [0.15, 0.2) is 0 Å². The fraction of sp³-hybridized carbons (Fsp3) is 0.188. The molecule has 0 fully saturated rings. The first-order valence-electron chi connectivity index (χ1n) is 6.85. The minimum absolute atomic E-state index is 0.00614. The zero-order valence-electron chi connectivity index (χ0n) is 12.5. The second kappa shape index (κ2) is 6.29. The Morgan fingerprint density at radius 3 is 2.32 bits per heavy atom. The van der Waals surface area contributed by atoms with Gasteiger partial charge < -0.3 is 5.32 Å². The van der Waals surface area contributed by atoms with Gasteiger partial charge in [-0.3, -0.25) is 4.79 Å². The molecule has 0 aliphatic rings. The molecule has 0 spiro atoms. The number of rotatable bonds is 4. The van der Waals surface area contributed by atoms with E-state index in [0.717, 1.165) is 12.0 Å². The smallest absolute Gasteiger partial charge is 0.255 e. The van der Waals surface area contributed by atoms with Gasteiger partial charge in [0.1, 0.15) is 0 Å². The Morgan fingerprint density at radius 1 is 1.14 bits per heavy atom. The molecule has 1 amide bonds.